The van der Waals surface area contributed by atoms with E-state index in [0.29, 0.717) is 18.7 Å². The number of rotatable bonds is 4. The molecule has 1 fully saturated rings. The van der Waals surface area contributed by atoms with Gasteiger partial charge in [0.2, 0.25) is 5.91 Å². The van der Waals surface area contributed by atoms with Gasteiger partial charge >= 0.3 is 0 Å². The topological polar surface area (TPSA) is 38.1 Å². The van der Waals surface area contributed by atoms with Crippen molar-refractivity contribution in [3.8, 4) is 0 Å². The first-order valence-corrected chi connectivity index (χ1v) is 10.2. The Morgan fingerprint density at radius 1 is 0.967 bits per heavy atom. The minimum absolute atomic E-state index is 0.0613. The Morgan fingerprint density at radius 3 is 2.47 bits per heavy atom. The highest BCUT2D eigenvalue weighted by Gasteiger charge is 2.36. The van der Waals surface area contributed by atoms with Crippen LogP contribution < -0.4 is 4.90 Å². The highest BCUT2D eigenvalue weighted by atomic mass is 19.1. The van der Waals surface area contributed by atoms with Gasteiger partial charge in [0.05, 0.1) is 22.8 Å². The zero-order valence-corrected chi connectivity index (χ0v) is 16.7. The summed E-state index contributed by atoms with van der Waals surface area (Å²) in [4.78, 5) is 19.3. The first-order valence-electron chi connectivity index (χ1n) is 10.2. The van der Waals surface area contributed by atoms with Crippen LogP contribution in [0.5, 0.6) is 0 Å². The van der Waals surface area contributed by atoms with E-state index in [2.05, 4.69) is 29.7 Å². The van der Waals surface area contributed by atoms with Gasteiger partial charge < -0.3 is 9.47 Å². The van der Waals surface area contributed by atoms with E-state index < -0.39 is 0 Å². The minimum atomic E-state index is -0.377. The monoisotopic (exact) mass is 399 g/mol. The van der Waals surface area contributed by atoms with Crippen molar-refractivity contribution >= 4 is 22.6 Å². The third-order valence-corrected chi connectivity index (χ3v) is 5.93. The molecule has 3 aromatic carbocycles. The lowest BCUT2D eigenvalue weighted by Crippen LogP contribution is -2.25. The molecule has 1 aliphatic rings. The second-order valence-electron chi connectivity index (χ2n) is 7.77. The summed E-state index contributed by atoms with van der Waals surface area (Å²) in [6.45, 7) is 2.57. The van der Waals surface area contributed by atoms with Crippen molar-refractivity contribution in [3.05, 3.63) is 96.1 Å². The van der Waals surface area contributed by atoms with E-state index in [1.165, 1.54) is 11.6 Å². The van der Waals surface area contributed by atoms with Gasteiger partial charge in [0.1, 0.15) is 11.6 Å². The Labute approximate surface area is 174 Å². The largest absolute Gasteiger partial charge is 0.320 e. The van der Waals surface area contributed by atoms with Gasteiger partial charge in [-0.3, -0.25) is 4.79 Å². The Morgan fingerprint density at radius 2 is 1.67 bits per heavy atom. The molecule has 0 spiro atoms. The van der Waals surface area contributed by atoms with Crippen LogP contribution in [0.15, 0.2) is 78.9 Å². The molecule has 0 radical (unpaired) electrons. The van der Waals surface area contributed by atoms with E-state index >= 15 is 0 Å². The van der Waals surface area contributed by atoms with E-state index in [-0.39, 0.29) is 23.7 Å². The molecule has 1 aliphatic heterocycles. The minimum Gasteiger partial charge on any atom is -0.320 e. The second kappa shape index (κ2) is 7.41. The summed E-state index contributed by atoms with van der Waals surface area (Å²) in [5.41, 5.74) is 3.47. The molecular weight excluding hydrogens is 377 g/mol. The number of halogens is 1. The summed E-state index contributed by atoms with van der Waals surface area (Å²) < 4.78 is 16.6. The molecule has 0 N–H and O–H groups in total. The van der Waals surface area contributed by atoms with Gasteiger partial charge in [-0.05, 0) is 36.8 Å². The molecule has 1 saturated heterocycles. The van der Waals surface area contributed by atoms with Crippen molar-refractivity contribution < 1.29 is 9.18 Å². The number of hydrogen-bond acceptors (Lipinski definition) is 2. The summed E-state index contributed by atoms with van der Waals surface area (Å²) in [7, 11) is 0. The molecular formula is C25H22FN3O. The number of benzene rings is 3. The van der Waals surface area contributed by atoms with Gasteiger partial charge in [-0.15, -0.1) is 0 Å². The number of amides is 1. The molecule has 5 rings (SSSR count). The molecule has 150 valence electrons. The van der Waals surface area contributed by atoms with Gasteiger partial charge in [0.15, 0.2) is 0 Å². The summed E-state index contributed by atoms with van der Waals surface area (Å²) in [6, 6.07) is 24.8. The van der Waals surface area contributed by atoms with Crippen molar-refractivity contribution in [2.24, 2.45) is 0 Å². The predicted molar refractivity (Wildman–Crippen MR) is 116 cm³/mol. The number of imidazole rings is 1. The number of hydrogen-bond donors (Lipinski definition) is 0. The Kier molecular flexibility index (Phi) is 4.58. The lowest BCUT2D eigenvalue weighted by atomic mass is 10.0. The molecule has 1 amide bonds. The Hall–Kier alpha value is -3.47. The van der Waals surface area contributed by atoms with Crippen molar-refractivity contribution in [2.45, 2.75) is 25.3 Å². The summed E-state index contributed by atoms with van der Waals surface area (Å²) in [5, 5.41) is 0. The van der Waals surface area contributed by atoms with Crippen LogP contribution in [0.25, 0.3) is 11.0 Å². The molecule has 4 aromatic rings. The fourth-order valence-electron chi connectivity index (χ4n) is 4.42. The number of anilines is 1. The van der Waals surface area contributed by atoms with Crippen LogP contribution >= 0.6 is 0 Å². The maximum atomic E-state index is 14.3. The van der Waals surface area contributed by atoms with Gasteiger partial charge in [-0.1, -0.05) is 54.6 Å². The molecule has 1 aromatic heterocycles. The summed E-state index contributed by atoms with van der Waals surface area (Å²) in [6.07, 6.45) is 0.319. The van der Waals surface area contributed by atoms with Crippen LogP contribution in [0.3, 0.4) is 0 Å². The lowest BCUT2D eigenvalue weighted by Gasteiger charge is -2.21. The van der Waals surface area contributed by atoms with E-state index in [1.807, 2.05) is 36.4 Å². The molecule has 0 saturated carbocycles. The molecule has 2 heterocycles. The molecule has 4 nitrogen and oxygen atoms in total. The first kappa shape index (κ1) is 18.6. The maximum Gasteiger partial charge on any atom is 0.227 e. The first-order chi connectivity index (χ1) is 14.6. The quantitative estimate of drug-likeness (QED) is 0.467. The Balaban J connectivity index is 1.58. The fourth-order valence-corrected chi connectivity index (χ4v) is 4.42. The number of fused-ring (bicyclic) bond motifs is 1. The van der Waals surface area contributed by atoms with E-state index in [1.54, 1.807) is 23.1 Å². The van der Waals surface area contributed by atoms with Crippen LogP contribution in [-0.4, -0.2) is 22.0 Å². The van der Waals surface area contributed by atoms with Crippen LogP contribution in [0.2, 0.25) is 0 Å². The standard InChI is InChI=1S/C25H22FN3O/c1-17(18-9-3-2-4-10-18)29-23-14-8-6-12-21(23)27-25(29)19-15-24(30)28(16-19)22-13-7-5-11-20(22)26/h2-14,17,19H,15-16H2,1H3/t17-,19+/m0/s1. The number of para-hydroxylation sites is 3. The average Bonchev–Trinajstić information content (AvgIpc) is 3.35. The number of nitrogens with zero attached hydrogens (tertiary/aromatic N) is 3. The summed E-state index contributed by atoms with van der Waals surface area (Å²) >= 11 is 0. The van der Waals surface area contributed by atoms with Crippen molar-refractivity contribution in [1.82, 2.24) is 9.55 Å². The van der Waals surface area contributed by atoms with Crippen LogP contribution in [0.4, 0.5) is 10.1 Å². The number of carbonyl (C=O) groups is 1. The second-order valence-corrected chi connectivity index (χ2v) is 7.77. The van der Waals surface area contributed by atoms with Gasteiger partial charge in [-0.2, -0.15) is 0 Å². The molecule has 5 heteroatoms. The van der Waals surface area contributed by atoms with E-state index in [9.17, 15) is 9.18 Å². The number of aromatic nitrogens is 2. The Bertz CT molecular complexity index is 1220. The van der Waals surface area contributed by atoms with Gasteiger partial charge in [0.25, 0.3) is 0 Å². The van der Waals surface area contributed by atoms with E-state index in [4.69, 9.17) is 4.98 Å². The van der Waals surface area contributed by atoms with Crippen LogP contribution in [0, 0.1) is 5.82 Å². The molecule has 2 atom stereocenters. The van der Waals surface area contributed by atoms with Crippen molar-refractivity contribution in [3.63, 3.8) is 0 Å². The lowest BCUT2D eigenvalue weighted by molar-refractivity contribution is -0.117. The molecule has 0 unspecified atom stereocenters. The van der Waals surface area contributed by atoms with Gasteiger partial charge in [0, 0.05) is 18.9 Å². The molecule has 30 heavy (non-hydrogen) atoms. The maximum absolute atomic E-state index is 14.3. The fraction of sp³-hybridized carbons (Fsp3) is 0.200. The normalized spacial score (nSPS) is 17.6. The predicted octanol–water partition coefficient (Wildman–Crippen LogP) is 5.31. The third kappa shape index (κ3) is 3.07. The smallest absolute Gasteiger partial charge is 0.227 e. The summed E-state index contributed by atoms with van der Waals surface area (Å²) in [5.74, 6) is 0.323. The van der Waals surface area contributed by atoms with Gasteiger partial charge in [-0.25, -0.2) is 9.37 Å². The van der Waals surface area contributed by atoms with Crippen molar-refractivity contribution in [1.29, 1.82) is 0 Å². The zero-order valence-electron chi connectivity index (χ0n) is 16.7. The number of carbonyl (C=O) groups excluding carboxylic acids is 1. The molecule has 0 bridgehead atoms. The SMILES string of the molecule is C[C@@H](c1ccccc1)n1c([C@@H]2CC(=O)N(c3ccccc3F)C2)nc2ccccc21. The van der Waals surface area contributed by atoms with Crippen LogP contribution in [0.1, 0.15) is 36.7 Å². The highest BCUT2D eigenvalue weighted by Crippen LogP contribution is 2.36. The highest BCUT2D eigenvalue weighted by molar-refractivity contribution is 5.96. The van der Waals surface area contributed by atoms with E-state index in [0.717, 1.165) is 16.9 Å². The average molecular weight is 399 g/mol. The zero-order chi connectivity index (χ0) is 20.7. The van der Waals surface area contributed by atoms with Crippen molar-refractivity contribution in [2.75, 3.05) is 11.4 Å². The molecule has 0 aliphatic carbocycles. The van der Waals surface area contributed by atoms with Crippen LogP contribution in [-0.2, 0) is 4.79 Å². The third-order valence-electron chi connectivity index (χ3n) is 5.93.